The fourth-order valence-corrected chi connectivity index (χ4v) is 2.81. The second-order valence-electron chi connectivity index (χ2n) is 4.50. The number of rotatable bonds is 4. The van der Waals surface area contributed by atoms with Gasteiger partial charge in [0, 0.05) is 11.2 Å². The molecule has 0 saturated carbocycles. The van der Waals surface area contributed by atoms with Crippen LogP contribution in [-0.4, -0.2) is 32.3 Å². The number of methoxy groups -OCH3 is 2. The molecule has 4 heteroatoms. The van der Waals surface area contributed by atoms with Gasteiger partial charge in [-0.15, -0.1) is 0 Å². The third-order valence-corrected chi connectivity index (χ3v) is 4.14. The molecule has 1 aromatic rings. The van der Waals surface area contributed by atoms with Crippen molar-refractivity contribution in [3.8, 4) is 11.5 Å². The third kappa shape index (κ3) is 2.98. The molecule has 0 aliphatic carbocycles. The van der Waals surface area contributed by atoms with Crippen LogP contribution in [0.3, 0.4) is 0 Å². The van der Waals surface area contributed by atoms with E-state index in [1.54, 1.807) is 14.2 Å². The largest absolute Gasteiger partial charge is 0.493 e. The molecule has 3 nitrogen and oxygen atoms in total. The Hall–Kier alpha value is -0.740. The average molecular weight is 315 g/mol. The predicted octanol–water partition coefficient (Wildman–Crippen LogP) is 3.36. The summed E-state index contributed by atoms with van der Waals surface area (Å²) in [5.74, 6) is 2.02. The summed E-state index contributed by atoms with van der Waals surface area (Å²) in [5, 5.41) is 0.922. The van der Waals surface area contributed by atoms with E-state index in [2.05, 4.69) is 28.1 Å². The molecule has 100 valence electrons. The molecule has 0 aromatic heterocycles. The molecule has 1 aromatic carbocycles. The van der Waals surface area contributed by atoms with Crippen LogP contribution in [0, 0.1) is 0 Å². The quantitative estimate of drug-likeness (QED) is 0.798. The number of hydrogen-bond acceptors (Lipinski definition) is 3. The van der Waals surface area contributed by atoms with Crippen LogP contribution in [0.5, 0.6) is 11.5 Å². The topological polar surface area (TPSA) is 27.7 Å². The van der Waals surface area contributed by atoms with Gasteiger partial charge in [0.2, 0.25) is 0 Å². The minimum Gasteiger partial charge on any atom is -0.493 e. The zero-order valence-electron chi connectivity index (χ0n) is 10.8. The van der Waals surface area contributed by atoms with Crippen molar-refractivity contribution in [2.24, 2.45) is 0 Å². The highest BCUT2D eigenvalue weighted by Crippen LogP contribution is 2.34. The Morgan fingerprint density at radius 2 is 2.00 bits per heavy atom. The third-order valence-electron chi connectivity index (χ3n) is 3.42. The molecule has 1 heterocycles. The van der Waals surface area contributed by atoms with Gasteiger partial charge in [0.1, 0.15) is 0 Å². The standard InChI is InChI=1S/C14H19BrO3/c1-16-13-6-4-10(7-14(13)17-2)11-3-5-12(8-15)18-9-11/h4,6-7,11-12H,3,5,8-9H2,1-2H3. The van der Waals surface area contributed by atoms with Crippen molar-refractivity contribution in [1.29, 1.82) is 0 Å². The molecule has 1 saturated heterocycles. The Morgan fingerprint density at radius 1 is 1.22 bits per heavy atom. The van der Waals surface area contributed by atoms with Crippen LogP contribution < -0.4 is 9.47 Å². The van der Waals surface area contributed by atoms with Crippen LogP contribution in [-0.2, 0) is 4.74 Å². The lowest BCUT2D eigenvalue weighted by atomic mass is 9.91. The molecule has 0 spiro atoms. The summed E-state index contributed by atoms with van der Waals surface area (Å²) >= 11 is 3.47. The molecule has 1 aliphatic heterocycles. The number of hydrogen-bond donors (Lipinski definition) is 0. The highest BCUT2D eigenvalue weighted by molar-refractivity contribution is 9.09. The smallest absolute Gasteiger partial charge is 0.160 e. The summed E-state index contributed by atoms with van der Waals surface area (Å²) in [6.07, 6.45) is 2.62. The molecule has 2 atom stereocenters. The Morgan fingerprint density at radius 3 is 2.56 bits per heavy atom. The predicted molar refractivity (Wildman–Crippen MR) is 75.1 cm³/mol. The van der Waals surface area contributed by atoms with Gasteiger partial charge in [-0.25, -0.2) is 0 Å². The van der Waals surface area contributed by atoms with Gasteiger partial charge in [0.15, 0.2) is 11.5 Å². The second-order valence-corrected chi connectivity index (χ2v) is 5.15. The Kier molecular flexibility index (Phi) is 4.89. The first-order valence-electron chi connectivity index (χ1n) is 6.18. The van der Waals surface area contributed by atoms with Crippen LogP contribution in [0.4, 0.5) is 0 Å². The first-order valence-corrected chi connectivity index (χ1v) is 7.30. The van der Waals surface area contributed by atoms with E-state index in [-0.39, 0.29) is 0 Å². The minimum atomic E-state index is 0.362. The van der Waals surface area contributed by atoms with Gasteiger partial charge in [-0.05, 0) is 30.5 Å². The number of alkyl halides is 1. The van der Waals surface area contributed by atoms with Crippen molar-refractivity contribution in [2.75, 3.05) is 26.2 Å². The molecule has 18 heavy (non-hydrogen) atoms. The van der Waals surface area contributed by atoms with E-state index in [1.807, 2.05) is 6.07 Å². The van der Waals surface area contributed by atoms with Crippen LogP contribution in [0.1, 0.15) is 24.3 Å². The van der Waals surface area contributed by atoms with E-state index >= 15 is 0 Å². The van der Waals surface area contributed by atoms with E-state index in [0.717, 1.165) is 36.3 Å². The van der Waals surface area contributed by atoms with Crippen molar-refractivity contribution in [3.63, 3.8) is 0 Å². The first-order chi connectivity index (χ1) is 8.78. The van der Waals surface area contributed by atoms with Gasteiger partial charge in [0.25, 0.3) is 0 Å². The van der Waals surface area contributed by atoms with Gasteiger partial charge in [-0.1, -0.05) is 22.0 Å². The molecule has 1 fully saturated rings. The van der Waals surface area contributed by atoms with Gasteiger partial charge < -0.3 is 14.2 Å². The van der Waals surface area contributed by atoms with Gasteiger partial charge >= 0.3 is 0 Å². The lowest BCUT2D eigenvalue weighted by Gasteiger charge is -2.28. The molecule has 1 aliphatic rings. The molecular formula is C14H19BrO3. The van der Waals surface area contributed by atoms with Gasteiger partial charge in [-0.2, -0.15) is 0 Å². The minimum absolute atomic E-state index is 0.362. The van der Waals surface area contributed by atoms with E-state index in [9.17, 15) is 0 Å². The molecular weight excluding hydrogens is 296 g/mol. The molecule has 2 rings (SSSR count). The zero-order chi connectivity index (χ0) is 13.0. The molecule has 0 radical (unpaired) electrons. The van der Waals surface area contributed by atoms with E-state index < -0.39 is 0 Å². The van der Waals surface area contributed by atoms with Crippen LogP contribution in [0.25, 0.3) is 0 Å². The highest BCUT2D eigenvalue weighted by Gasteiger charge is 2.23. The monoisotopic (exact) mass is 314 g/mol. The second kappa shape index (κ2) is 6.43. The van der Waals surface area contributed by atoms with Gasteiger partial charge in [0.05, 0.1) is 26.9 Å². The van der Waals surface area contributed by atoms with Crippen LogP contribution >= 0.6 is 15.9 Å². The van der Waals surface area contributed by atoms with Crippen molar-refractivity contribution in [2.45, 2.75) is 24.9 Å². The lowest BCUT2D eigenvalue weighted by molar-refractivity contribution is 0.0190. The normalized spacial score (nSPS) is 23.7. The van der Waals surface area contributed by atoms with Crippen LogP contribution in [0.15, 0.2) is 18.2 Å². The van der Waals surface area contributed by atoms with Crippen molar-refractivity contribution >= 4 is 15.9 Å². The summed E-state index contributed by atoms with van der Waals surface area (Å²) in [5.41, 5.74) is 1.26. The lowest BCUT2D eigenvalue weighted by Crippen LogP contribution is -2.25. The summed E-state index contributed by atoms with van der Waals surface area (Å²) in [6, 6.07) is 6.12. The Balaban J connectivity index is 2.09. The summed E-state index contributed by atoms with van der Waals surface area (Å²) in [6.45, 7) is 0.783. The molecule has 0 bridgehead atoms. The SMILES string of the molecule is COc1ccc(C2CCC(CBr)OC2)cc1OC. The number of ether oxygens (including phenoxy) is 3. The van der Waals surface area contributed by atoms with E-state index in [0.29, 0.717) is 12.0 Å². The van der Waals surface area contributed by atoms with E-state index in [4.69, 9.17) is 14.2 Å². The van der Waals surface area contributed by atoms with E-state index in [1.165, 1.54) is 5.56 Å². The summed E-state index contributed by atoms with van der Waals surface area (Å²) < 4.78 is 16.4. The fraction of sp³-hybridized carbons (Fsp3) is 0.571. The number of benzene rings is 1. The summed E-state index contributed by atoms with van der Waals surface area (Å²) in [7, 11) is 3.32. The molecule has 0 N–H and O–H groups in total. The molecule has 2 unspecified atom stereocenters. The van der Waals surface area contributed by atoms with Gasteiger partial charge in [-0.3, -0.25) is 0 Å². The summed E-state index contributed by atoms with van der Waals surface area (Å²) in [4.78, 5) is 0. The Bertz CT molecular complexity index is 387. The molecule has 0 amide bonds. The van der Waals surface area contributed by atoms with Crippen molar-refractivity contribution < 1.29 is 14.2 Å². The van der Waals surface area contributed by atoms with Crippen molar-refractivity contribution in [1.82, 2.24) is 0 Å². The maximum Gasteiger partial charge on any atom is 0.160 e. The number of halogens is 1. The fourth-order valence-electron chi connectivity index (χ4n) is 2.30. The maximum absolute atomic E-state index is 5.81. The van der Waals surface area contributed by atoms with Crippen LogP contribution in [0.2, 0.25) is 0 Å². The average Bonchev–Trinajstić information content (AvgIpc) is 2.46. The highest BCUT2D eigenvalue weighted by atomic mass is 79.9. The Labute approximate surface area is 117 Å². The maximum atomic E-state index is 5.81. The first kappa shape index (κ1) is 13.7. The van der Waals surface area contributed by atoms with Crippen molar-refractivity contribution in [3.05, 3.63) is 23.8 Å². The zero-order valence-corrected chi connectivity index (χ0v) is 12.4.